The van der Waals surface area contributed by atoms with E-state index in [2.05, 4.69) is 5.32 Å². The third-order valence-electron chi connectivity index (χ3n) is 3.64. The van der Waals surface area contributed by atoms with E-state index in [9.17, 15) is 19.3 Å². The predicted molar refractivity (Wildman–Crippen MR) is 66.5 cm³/mol. The zero-order chi connectivity index (χ0) is 14.3. The minimum atomic E-state index is -0.628. The molecule has 0 aliphatic carbocycles. The summed E-state index contributed by atoms with van der Waals surface area (Å²) in [6.07, 6.45) is 0.557. The predicted octanol–water partition coefficient (Wildman–Crippen LogP) is -1.07. The number of carbonyl (C=O) groups excluding carboxylic acids is 3. The molecule has 0 spiro atoms. The van der Waals surface area contributed by atoms with E-state index in [0.717, 1.165) is 0 Å². The molecule has 1 atom stereocenters. The summed E-state index contributed by atoms with van der Waals surface area (Å²) in [4.78, 5) is 47.3. The number of nitrogens with one attached hydrogen (secondary N) is 2. The number of carbonyl (C=O) groups is 3. The highest BCUT2D eigenvalue weighted by atomic mass is 16.3. The molecule has 3 rings (SSSR count). The smallest absolute Gasteiger partial charge is 0.255 e. The normalized spacial score (nSPS) is 21.7. The molecule has 7 heteroatoms. The number of imide groups is 1. The molecule has 1 aromatic rings. The second kappa shape index (κ2) is 4.52. The summed E-state index contributed by atoms with van der Waals surface area (Å²) in [6.45, 7) is 0.274. The molecule has 0 bridgehead atoms. The standard InChI is InChI=1S/C13H11N3O4/c17-11-4-3-10(12(18)14-11)16-6-7-5-8(15-20)1-2-9(7)13(16)19/h1-2,5,10H,3-4,6H2,(H,14,17,18)/p+1. The van der Waals surface area contributed by atoms with E-state index in [4.69, 9.17) is 0 Å². The average Bonchev–Trinajstić information content (AvgIpc) is 2.75. The van der Waals surface area contributed by atoms with Gasteiger partial charge in [0.2, 0.25) is 11.8 Å². The second-order valence-corrected chi connectivity index (χ2v) is 4.87. The summed E-state index contributed by atoms with van der Waals surface area (Å²) >= 11 is 0. The Bertz CT molecular complexity index is 641. The lowest BCUT2D eigenvalue weighted by Crippen LogP contribution is -2.55. The SMILES string of the molecule is O=[NH+]c1ccc2c(c1)CN(C1CCC(=O)NC1=O)C2=O. The van der Waals surface area contributed by atoms with Gasteiger partial charge in [-0.25, -0.2) is 0 Å². The van der Waals surface area contributed by atoms with Gasteiger partial charge >= 0.3 is 0 Å². The molecule has 102 valence electrons. The van der Waals surface area contributed by atoms with Gasteiger partial charge in [-0.2, -0.15) is 0 Å². The number of fused-ring (bicyclic) bond motifs is 1. The van der Waals surface area contributed by atoms with Crippen LogP contribution in [0.25, 0.3) is 0 Å². The highest BCUT2D eigenvalue weighted by molar-refractivity contribution is 6.05. The number of piperidine rings is 1. The number of hydrogen-bond donors (Lipinski definition) is 2. The van der Waals surface area contributed by atoms with E-state index in [0.29, 0.717) is 23.2 Å². The summed E-state index contributed by atoms with van der Waals surface area (Å²) < 4.78 is 0. The number of nitrogens with zero attached hydrogens (tertiary/aromatic N) is 1. The minimum Gasteiger partial charge on any atom is -0.322 e. The molecule has 20 heavy (non-hydrogen) atoms. The third kappa shape index (κ3) is 1.87. The van der Waals surface area contributed by atoms with Gasteiger partial charge in [0.1, 0.15) is 6.04 Å². The molecule has 1 fully saturated rings. The Hall–Kier alpha value is -2.57. The lowest BCUT2D eigenvalue weighted by Gasteiger charge is -2.29. The van der Waals surface area contributed by atoms with Crippen LogP contribution in [0.2, 0.25) is 0 Å². The molecule has 2 aliphatic heterocycles. The molecule has 1 aromatic carbocycles. The topological polar surface area (TPSA) is 97.5 Å². The molecule has 2 N–H and O–H groups in total. The van der Waals surface area contributed by atoms with Crippen molar-refractivity contribution in [2.45, 2.75) is 25.4 Å². The number of benzene rings is 1. The van der Waals surface area contributed by atoms with Gasteiger partial charge in [-0.15, -0.1) is 0 Å². The third-order valence-corrected chi connectivity index (χ3v) is 3.64. The first-order chi connectivity index (χ1) is 9.60. The van der Waals surface area contributed by atoms with Crippen LogP contribution in [0.3, 0.4) is 0 Å². The molecular formula is C13H12N3O4+. The van der Waals surface area contributed by atoms with Crippen LogP contribution >= 0.6 is 0 Å². The maximum absolute atomic E-state index is 12.3. The van der Waals surface area contributed by atoms with Crippen LogP contribution in [0.4, 0.5) is 5.69 Å². The van der Waals surface area contributed by atoms with Crippen LogP contribution in [0.15, 0.2) is 18.2 Å². The van der Waals surface area contributed by atoms with E-state index < -0.39 is 11.9 Å². The van der Waals surface area contributed by atoms with Crippen LogP contribution < -0.4 is 10.5 Å². The monoisotopic (exact) mass is 274 g/mol. The summed E-state index contributed by atoms with van der Waals surface area (Å²) in [7, 11) is 0. The molecule has 2 aliphatic rings. The maximum atomic E-state index is 12.3. The summed E-state index contributed by atoms with van der Waals surface area (Å²) in [5, 5.41) is 4.02. The van der Waals surface area contributed by atoms with Crippen molar-refractivity contribution < 1.29 is 19.6 Å². The molecule has 1 saturated heterocycles. The average molecular weight is 274 g/mol. The Labute approximate surface area is 113 Å². The Morgan fingerprint density at radius 3 is 2.75 bits per heavy atom. The van der Waals surface area contributed by atoms with E-state index in [-0.39, 0.29) is 24.8 Å². The molecule has 2 heterocycles. The molecular weight excluding hydrogens is 262 g/mol. The van der Waals surface area contributed by atoms with E-state index in [1.54, 1.807) is 17.3 Å². The lowest BCUT2D eigenvalue weighted by molar-refractivity contribution is -0.379. The van der Waals surface area contributed by atoms with Crippen LogP contribution in [0.1, 0.15) is 28.8 Å². The molecule has 3 amide bonds. The van der Waals surface area contributed by atoms with E-state index in [1.165, 1.54) is 11.0 Å². The molecule has 7 nitrogen and oxygen atoms in total. The van der Waals surface area contributed by atoms with E-state index >= 15 is 0 Å². The Kier molecular flexibility index (Phi) is 2.81. The first-order valence-electron chi connectivity index (χ1n) is 6.26. The van der Waals surface area contributed by atoms with Gasteiger partial charge in [0.15, 0.2) is 0 Å². The molecule has 0 aromatic heterocycles. The number of rotatable bonds is 2. The van der Waals surface area contributed by atoms with Gasteiger partial charge in [0.05, 0.1) is 0 Å². The van der Waals surface area contributed by atoms with Crippen molar-refractivity contribution >= 4 is 23.4 Å². The van der Waals surface area contributed by atoms with Crippen molar-refractivity contribution in [1.29, 1.82) is 0 Å². The van der Waals surface area contributed by atoms with Crippen LogP contribution in [0.5, 0.6) is 0 Å². The van der Waals surface area contributed by atoms with Crippen molar-refractivity contribution in [3.8, 4) is 0 Å². The van der Waals surface area contributed by atoms with Gasteiger partial charge in [-0.05, 0) is 18.1 Å². The number of nitroso groups, excluding NO2 is 1. The minimum absolute atomic E-state index is 0.226. The number of hydrogen-bond acceptors (Lipinski definition) is 4. The van der Waals surface area contributed by atoms with Crippen molar-refractivity contribution in [1.82, 2.24) is 10.2 Å². The second-order valence-electron chi connectivity index (χ2n) is 4.87. The van der Waals surface area contributed by atoms with E-state index in [1.807, 2.05) is 0 Å². The van der Waals surface area contributed by atoms with Crippen LogP contribution in [-0.4, -0.2) is 28.7 Å². The molecule has 0 radical (unpaired) electrons. The Balaban J connectivity index is 1.88. The van der Waals surface area contributed by atoms with Gasteiger partial charge in [0, 0.05) is 40.7 Å². The first kappa shape index (κ1) is 12.5. The van der Waals surface area contributed by atoms with Gasteiger partial charge < -0.3 is 4.90 Å². The van der Waals surface area contributed by atoms with Crippen molar-refractivity contribution in [3.63, 3.8) is 0 Å². The molecule has 1 unspecified atom stereocenters. The van der Waals surface area contributed by atoms with Gasteiger partial charge in [0.25, 0.3) is 11.6 Å². The zero-order valence-electron chi connectivity index (χ0n) is 10.5. The van der Waals surface area contributed by atoms with Gasteiger partial charge in [-0.1, -0.05) is 0 Å². The fourth-order valence-electron chi connectivity index (χ4n) is 2.64. The quantitative estimate of drug-likeness (QED) is 0.671. The van der Waals surface area contributed by atoms with Crippen LogP contribution in [0, 0.1) is 4.91 Å². The zero-order valence-corrected chi connectivity index (χ0v) is 10.5. The highest BCUT2D eigenvalue weighted by Gasteiger charge is 2.39. The first-order valence-corrected chi connectivity index (χ1v) is 6.26. The Morgan fingerprint density at radius 2 is 2.05 bits per heavy atom. The summed E-state index contributed by atoms with van der Waals surface area (Å²) in [5.41, 5.74) is 1.58. The summed E-state index contributed by atoms with van der Waals surface area (Å²) in [5.74, 6) is -0.996. The largest absolute Gasteiger partial charge is 0.322 e. The summed E-state index contributed by atoms with van der Waals surface area (Å²) in [6, 6.07) is 4.07. The Morgan fingerprint density at radius 1 is 1.25 bits per heavy atom. The number of amides is 3. The fourth-order valence-corrected chi connectivity index (χ4v) is 2.64. The van der Waals surface area contributed by atoms with Crippen molar-refractivity contribution in [2.75, 3.05) is 0 Å². The highest BCUT2D eigenvalue weighted by Crippen LogP contribution is 2.28. The molecule has 0 saturated carbocycles. The van der Waals surface area contributed by atoms with Crippen molar-refractivity contribution in [2.24, 2.45) is 0 Å². The maximum Gasteiger partial charge on any atom is 0.255 e. The van der Waals surface area contributed by atoms with Crippen molar-refractivity contribution in [3.05, 3.63) is 34.2 Å². The van der Waals surface area contributed by atoms with Gasteiger partial charge in [-0.3, -0.25) is 19.7 Å². The fraction of sp³-hybridized carbons (Fsp3) is 0.308. The van der Waals surface area contributed by atoms with Crippen LogP contribution in [-0.2, 0) is 16.1 Å². The lowest BCUT2D eigenvalue weighted by atomic mass is 10.0.